The normalized spacial score (nSPS) is 17.7. The van der Waals surface area contributed by atoms with Gasteiger partial charge in [0.2, 0.25) is 0 Å². The molecule has 1 unspecified atom stereocenters. The first kappa shape index (κ1) is 16.5. The zero-order valence-corrected chi connectivity index (χ0v) is 14.6. The highest BCUT2D eigenvalue weighted by Gasteiger charge is 2.31. The summed E-state index contributed by atoms with van der Waals surface area (Å²) in [5, 5.41) is 0. The number of amidine groups is 1. The second kappa shape index (κ2) is 6.06. The average Bonchev–Trinajstić information content (AvgIpc) is 3.15. The molecule has 0 saturated heterocycles. The van der Waals surface area contributed by atoms with Crippen LogP contribution in [-0.4, -0.2) is 23.8 Å². The lowest BCUT2D eigenvalue weighted by atomic mass is 10.1. The fraction of sp³-hybridized carbons (Fsp3) is 0.111. The molecule has 1 aromatic heterocycles. The molecule has 0 spiro atoms. The third-order valence-electron chi connectivity index (χ3n) is 4.21. The van der Waals surface area contributed by atoms with Gasteiger partial charge in [0.05, 0.1) is 4.90 Å². The minimum Gasteiger partial charge on any atom is -0.336 e. The summed E-state index contributed by atoms with van der Waals surface area (Å²) in [5.74, 6) is 0.512. The third-order valence-corrected chi connectivity index (χ3v) is 5.61. The van der Waals surface area contributed by atoms with Gasteiger partial charge in [0.1, 0.15) is 23.5 Å². The summed E-state index contributed by atoms with van der Waals surface area (Å²) in [6, 6.07) is 12.0. The van der Waals surface area contributed by atoms with E-state index in [1.54, 1.807) is 47.3 Å². The number of aromatic nitrogens is 2. The highest BCUT2D eigenvalue weighted by molar-refractivity contribution is 7.90. The Labute approximate surface area is 150 Å². The van der Waals surface area contributed by atoms with Crippen LogP contribution in [0, 0.1) is 5.82 Å². The number of nitrogens with one attached hydrogen (secondary N) is 1. The minimum atomic E-state index is -3.64. The van der Waals surface area contributed by atoms with Crippen molar-refractivity contribution in [2.24, 2.45) is 12.0 Å². The molecule has 6 nitrogen and oxygen atoms in total. The number of benzene rings is 2. The number of hydrogen-bond donors (Lipinski definition) is 1. The molecule has 1 aliphatic rings. The van der Waals surface area contributed by atoms with Crippen molar-refractivity contribution >= 4 is 15.9 Å². The summed E-state index contributed by atoms with van der Waals surface area (Å²) in [7, 11) is -1.81. The molecule has 0 fully saturated rings. The van der Waals surface area contributed by atoms with E-state index >= 15 is 0 Å². The van der Waals surface area contributed by atoms with Crippen molar-refractivity contribution < 1.29 is 12.8 Å². The van der Waals surface area contributed by atoms with Crippen LogP contribution in [0.1, 0.15) is 23.0 Å². The summed E-state index contributed by atoms with van der Waals surface area (Å²) in [4.78, 5) is 9.16. The first-order chi connectivity index (χ1) is 12.5. The molecule has 1 atom stereocenters. The van der Waals surface area contributed by atoms with E-state index in [1.165, 1.54) is 18.2 Å². The maximum Gasteiger partial charge on any atom is 0.263 e. The maximum atomic E-state index is 13.3. The van der Waals surface area contributed by atoms with Gasteiger partial charge in [-0.3, -0.25) is 9.71 Å². The number of fused-ring (bicyclic) bond motifs is 1. The standard InChI is InChI=1S/C18H15FN4O2S/c1-23-11-10-20-18(23)16(12-6-8-13(19)9-7-12)21-17-14-4-2-3-5-15(14)26(24,25)22-17/h2-11,16H,1H3,(H,21,22). The van der Waals surface area contributed by atoms with Crippen LogP contribution in [0.5, 0.6) is 0 Å². The Balaban J connectivity index is 1.88. The average molecular weight is 370 g/mol. The lowest BCUT2D eigenvalue weighted by molar-refractivity contribution is 0.595. The van der Waals surface area contributed by atoms with E-state index in [2.05, 4.69) is 14.7 Å². The van der Waals surface area contributed by atoms with Crippen molar-refractivity contribution in [3.63, 3.8) is 0 Å². The summed E-state index contributed by atoms with van der Waals surface area (Å²) in [5.41, 5.74) is 1.21. The van der Waals surface area contributed by atoms with Crippen LogP contribution in [0.15, 0.2) is 70.8 Å². The number of rotatable bonds is 3. The van der Waals surface area contributed by atoms with Gasteiger partial charge >= 0.3 is 0 Å². The SMILES string of the molecule is Cn1ccnc1C(N=C1NS(=O)(=O)c2ccccc21)c1ccc(F)cc1. The molecule has 1 N–H and O–H groups in total. The first-order valence-corrected chi connectivity index (χ1v) is 9.37. The number of aliphatic imine (C=N–C) groups is 1. The lowest BCUT2D eigenvalue weighted by Gasteiger charge is -2.14. The minimum absolute atomic E-state index is 0.191. The number of hydrogen-bond acceptors (Lipinski definition) is 4. The second-order valence-corrected chi connectivity index (χ2v) is 7.58. The van der Waals surface area contributed by atoms with Gasteiger partial charge in [-0.25, -0.2) is 17.8 Å². The molecule has 0 aliphatic carbocycles. The predicted octanol–water partition coefficient (Wildman–Crippen LogP) is 2.39. The molecule has 2 aromatic carbocycles. The van der Waals surface area contributed by atoms with Crippen LogP contribution >= 0.6 is 0 Å². The van der Waals surface area contributed by atoms with Gasteiger partial charge in [-0.2, -0.15) is 0 Å². The molecule has 0 bridgehead atoms. The molecule has 26 heavy (non-hydrogen) atoms. The van der Waals surface area contributed by atoms with E-state index in [1.807, 2.05) is 7.05 Å². The van der Waals surface area contributed by atoms with Gasteiger partial charge in [0.25, 0.3) is 10.0 Å². The third kappa shape index (κ3) is 2.78. The quantitative estimate of drug-likeness (QED) is 0.769. The van der Waals surface area contributed by atoms with E-state index in [-0.39, 0.29) is 16.5 Å². The monoisotopic (exact) mass is 370 g/mol. The number of halogens is 1. The smallest absolute Gasteiger partial charge is 0.263 e. The van der Waals surface area contributed by atoms with Crippen molar-refractivity contribution in [1.29, 1.82) is 0 Å². The van der Waals surface area contributed by atoms with Gasteiger partial charge in [-0.05, 0) is 29.8 Å². The Morgan fingerprint density at radius 2 is 1.88 bits per heavy atom. The van der Waals surface area contributed by atoms with Crippen LogP contribution in [0.3, 0.4) is 0 Å². The van der Waals surface area contributed by atoms with E-state index in [4.69, 9.17) is 0 Å². The summed E-state index contributed by atoms with van der Waals surface area (Å²) < 4.78 is 42.3. The largest absolute Gasteiger partial charge is 0.336 e. The summed E-state index contributed by atoms with van der Waals surface area (Å²) in [6.45, 7) is 0. The molecule has 3 aromatic rings. The molecular formula is C18H15FN4O2S. The topological polar surface area (TPSA) is 76.3 Å². The fourth-order valence-corrected chi connectivity index (χ4v) is 4.16. The highest BCUT2D eigenvalue weighted by atomic mass is 32.2. The van der Waals surface area contributed by atoms with E-state index in [9.17, 15) is 12.8 Å². The Morgan fingerprint density at radius 3 is 2.58 bits per heavy atom. The van der Waals surface area contributed by atoms with Crippen LogP contribution in [0.4, 0.5) is 4.39 Å². The van der Waals surface area contributed by atoms with Crippen LogP contribution in [0.2, 0.25) is 0 Å². The summed E-state index contributed by atoms with van der Waals surface area (Å²) >= 11 is 0. The zero-order valence-electron chi connectivity index (χ0n) is 13.8. The zero-order chi connectivity index (χ0) is 18.3. The van der Waals surface area contributed by atoms with Crippen LogP contribution in [-0.2, 0) is 17.1 Å². The lowest BCUT2D eigenvalue weighted by Crippen LogP contribution is -2.23. The van der Waals surface area contributed by atoms with E-state index in [0.717, 1.165) is 0 Å². The fourth-order valence-electron chi connectivity index (χ4n) is 2.93. The Hall–Kier alpha value is -3.00. The van der Waals surface area contributed by atoms with Gasteiger partial charge in [0, 0.05) is 25.0 Å². The van der Waals surface area contributed by atoms with Crippen molar-refractivity contribution in [3.05, 3.63) is 83.7 Å². The predicted molar refractivity (Wildman–Crippen MR) is 94.8 cm³/mol. The van der Waals surface area contributed by atoms with Crippen LogP contribution in [0.25, 0.3) is 0 Å². The Morgan fingerprint density at radius 1 is 1.15 bits per heavy atom. The number of nitrogens with zero attached hydrogens (tertiary/aromatic N) is 3. The molecule has 1 aliphatic heterocycles. The van der Waals surface area contributed by atoms with Gasteiger partial charge in [-0.15, -0.1) is 0 Å². The van der Waals surface area contributed by atoms with Crippen molar-refractivity contribution in [2.75, 3.05) is 0 Å². The molecule has 0 saturated carbocycles. The number of imidazole rings is 1. The molecule has 0 radical (unpaired) electrons. The molecular weight excluding hydrogens is 355 g/mol. The second-order valence-electron chi connectivity index (χ2n) is 5.93. The molecule has 2 heterocycles. The van der Waals surface area contributed by atoms with Crippen molar-refractivity contribution in [3.8, 4) is 0 Å². The molecule has 4 rings (SSSR count). The van der Waals surface area contributed by atoms with Gasteiger partial charge in [-0.1, -0.05) is 24.3 Å². The molecule has 132 valence electrons. The highest BCUT2D eigenvalue weighted by Crippen LogP contribution is 2.29. The van der Waals surface area contributed by atoms with E-state index in [0.29, 0.717) is 17.0 Å². The summed E-state index contributed by atoms with van der Waals surface area (Å²) in [6.07, 6.45) is 3.41. The van der Waals surface area contributed by atoms with E-state index < -0.39 is 16.1 Å². The Kier molecular flexibility index (Phi) is 3.84. The molecule has 0 amide bonds. The van der Waals surface area contributed by atoms with Gasteiger partial charge < -0.3 is 4.57 Å². The Bertz CT molecular complexity index is 1100. The number of sulfonamides is 1. The maximum absolute atomic E-state index is 13.3. The first-order valence-electron chi connectivity index (χ1n) is 7.88. The van der Waals surface area contributed by atoms with Crippen molar-refractivity contribution in [1.82, 2.24) is 14.3 Å². The van der Waals surface area contributed by atoms with Gasteiger partial charge in [0.15, 0.2) is 0 Å². The van der Waals surface area contributed by atoms with Crippen molar-refractivity contribution in [2.45, 2.75) is 10.9 Å². The van der Waals surface area contributed by atoms with Crippen LogP contribution < -0.4 is 4.72 Å². The molecule has 8 heteroatoms. The number of aryl methyl sites for hydroxylation is 1.